The number of benzene rings is 2. The molecular formula is C23H23NO8. The Balaban J connectivity index is 2.27. The summed E-state index contributed by atoms with van der Waals surface area (Å²) in [7, 11) is 4.29. The molecule has 0 fully saturated rings. The van der Waals surface area contributed by atoms with E-state index in [0.717, 1.165) is 0 Å². The van der Waals surface area contributed by atoms with E-state index in [-0.39, 0.29) is 34.6 Å². The van der Waals surface area contributed by atoms with Crippen LogP contribution in [-0.2, 0) is 25.6 Å². The average molecular weight is 441 g/mol. The van der Waals surface area contributed by atoms with E-state index in [1.165, 1.54) is 35.2 Å². The highest BCUT2D eigenvalue weighted by molar-refractivity contribution is 6.02. The number of hydrogen-bond acceptors (Lipinski definition) is 8. The minimum Gasteiger partial charge on any atom is -0.492 e. The summed E-state index contributed by atoms with van der Waals surface area (Å²) in [5.41, 5.74) is 1.21. The predicted molar refractivity (Wildman–Crippen MR) is 115 cm³/mol. The van der Waals surface area contributed by atoms with E-state index in [9.17, 15) is 14.4 Å². The lowest BCUT2D eigenvalue weighted by Gasteiger charge is -2.35. The lowest BCUT2D eigenvalue weighted by molar-refractivity contribution is -0.167. The van der Waals surface area contributed by atoms with Gasteiger partial charge >= 0.3 is 11.9 Å². The van der Waals surface area contributed by atoms with Crippen molar-refractivity contribution in [1.29, 1.82) is 0 Å². The molecule has 32 heavy (non-hydrogen) atoms. The van der Waals surface area contributed by atoms with Crippen LogP contribution in [0, 0.1) is 0 Å². The molecule has 3 aromatic rings. The van der Waals surface area contributed by atoms with Crippen molar-refractivity contribution >= 4 is 33.7 Å². The zero-order valence-corrected chi connectivity index (χ0v) is 18.4. The Morgan fingerprint density at radius 2 is 1.53 bits per heavy atom. The molecule has 2 unspecified atom stereocenters. The van der Waals surface area contributed by atoms with Crippen molar-refractivity contribution < 1.29 is 33.3 Å². The number of para-hydroxylation sites is 1. The number of esters is 2. The SMILES string of the molecule is COc1c(OC)c2c3c(c1OC)c(=O)c1ccccc1n3CC(OC(C)=O)C2OC(C)=O. The summed E-state index contributed by atoms with van der Waals surface area (Å²) >= 11 is 0. The number of hydrogen-bond donors (Lipinski definition) is 0. The van der Waals surface area contributed by atoms with Crippen LogP contribution in [0.3, 0.4) is 0 Å². The van der Waals surface area contributed by atoms with E-state index in [2.05, 4.69) is 0 Å². The topological polar surface area (TPSA) is 102 Å². The van der Waals surface area contributed by atoms with Gasteiger partial charge in [0.05, 0.1) is 49.9 Å². The Labute approximate surface area is 183 Å². The first-order valence-corrected chi connectivity index (χ1v) is 9.95. The number of carbonyl (C=O) groups is 2. The molecule has 9 nitrogen and oxygen atoms in total. The molecule has 2 aromatic carbocycles. The Morgan fingerprint density at radius 3 is 2.12 bits per heavy atom. The molecule has 2 heterocycles. The van der Waals surface area contributed by atoms with E-state index in [0.29, 0.717) is 22.0 Å². The summed E-state index contributed by atoms with van der Waals surface area (Å²) in [5, 5.41) is 0.723. The molecule has 0 saturated heterocycles. The minimum absolute atomic E-state index is 0.153. The number of carbonyl (C=O) groups excluding carboxylic acids is 2. The standard InChI is InChI=1S/C23H23NO8/c1-11(25)31-15-10-24-14-9-7-6-8-13(14)19(27)16-18(24)17(20(15)32-12(2)26)22(29-4)23(30-5)21(16)28-3/h6-9,15,20H,10H2,1-5H3. The van der Waals surface area contributed by atoms with Gasteiger partial charge in [0.25, 0.3) is 0 Å². The molecule has 0 aliphatic carbocycles. The van der Waals surface area contributed by atoms with Gasteiger partial charge in [-0.25, -0.2) is 0 Å². The highest BCUT2D eigenvalue weighted by Crippen LogP contribution is 2.51. The summed E-state index contributed by atoms with van der Waals surface area (Å²) in [5.74, 6) is -0.495. The summed E-state index contributed by atoms with van der Waals surface area (Å²) in [4.78, 5) is 37.5. The van der Waals surface area contributed by atoms with Crippen LogP contribution in [0.1, 0.15) is 25.5 Å². The number of aromatic nitrogens is 1. The van der Waals surface area contributed by atoms with Crippen molar-refractivity contribution in [2.45, 2.75) is 32.6 Å². The third-order valence-corrected chi connectivity index (χ3v) is 5.52. The number of ether oxygens (including phenoxy) is 5. The van der Waals surface area contributed by atoms with Crippen molar-refractivity contribution in [3.63, 3.8) is 0 Å². The van der Waals surface area contributed by atoms with Crippen LogP contribution < -0.4 is 19.6 Å². The van der Waals surface area contributed by atoms with Gasteiger partial charge in [-0.3, -0.25) is 14.4 Å². The number of pyridine rings is 1. The summed E-state index contributed by atoms with van der Waals surface area (Å²) in [6, 6.07) is 7.11. The fourth-order valence-electron chi connectivity index (χ4n) is 4.46. The maximum Gasteiger partial charge on any atom is 0.303 e. The Hall–Kier alpha value is -3.75. The molecule has 2 atom stereocenters. The van der Waals surface area contributed by atoms with Crippen molar-refractivity contribution in [2.24, 2.45) is 0 Å². The van der Waals surface area contributed by atoms with Crippen LogP contribution in [0.5, 0.6) is 17.2 Å². The van der Waals surface area contributed by atoms with E-state index in [1.54, 1.807) is 18.2 Å². The number of methoxy groups -OCH3 is 3. The molecule has 0 amide bonds. The van der Waals surface area contributed by atoms with E-state index in [4.69, 9.17) is 23.7 Å². The van der Waals surface area contributed by atoms with Gasteiger partial charge < -0.3 is 28.3 Å². The molecule has 0 saturated carbocycles. The first-order chi connectivity index (χ1) is 15.3. The number of nitrogens with zero attached hydrogens (tertiary/aromatic N) is 1. The van der Waals surface area contributed by atoms with Gasteiger partial charge in [-0.15, -0.1) is 0 Å². The lowest BCUT2D eigenvalue weighted by atomic mass is 9.92. The Kier molecular flexibility index (Phi) is 5.41. The lowest BCUT2D eigenvalue weighted by Crippen LogP contribution is -2.37. The highest BCUT2D eigenvalue weighted by Gasteiger charge is 2.41. The summed E-state index contributed by atoms with van der Waals surface area (Å²) in [6.45, 7) is 2.70. The summed E-state index contributed by atoms with van der Waals surface area (Å²) in [6.07, 6.45) is -1.88. The van der Waals surface area contributed by atoms with Crippen LogP contribution in [0.25, 0.3) is 21.8 Å². The zero-order valence-electron chi connectivity index (χ0n) is 18.4. The molecule has 1 aliphatic rings. The predicted octanol–water partition coefficient (Wildman–Crippen LogP) is 2.73. The number of fused-ring (bicyclic) bond motifs is 2. The largest absolute Gasteiger partial charge is 0.492 e. The van der Waals surface area contributed by atoms with E-state index >= 15 is 0 Å². The third-order valence-electron chi connectivity index (χ3n) is 5.52. The molecule has 0 spiro atoms. The molecule has 0 bridgehead atoms. The number of rotatable bonds is 5. The van der Waals surface area contributed by atoms with Crippen molar-refractivity contribution in [3.05, 3.63) is 40.1 Å². The first-order valence-electron chi connectivity index (χ1n) is 9.95. The zero-order chi connectivity index (χ0) is 23.2. The highest BCUT2D eigenvalue weighted by atomic mass is 16.6. The second-order valence-corrected chi connectivity index (χ2v) is 7.37. The van der Waals surface area contributed by atoms with Crippen molar-refractivity contribution in [1.82, 2.24) is 4.57 Å². The smallest absolute Gasteiger partial charge is 0.303 e. The van der Waals surface area contributed by atoms with Crippen molar-refractivity contribution in [3.8, 4) is 17.2 Å². The van der Waals surface area contributed by atoms with Crippen LogP contribution in [0.15, 0.2) is 29.1 Å². The van der Waals surface area contributed by atoms with E-state index < -0.39 is 24.1 Å². The maximum atomic E-state index is 13.6. The van der Waals surface area contributed by atoms with Crippen LogP contribution in [0.2, 0.25) is 0 Å². The second kappa shape index (κ2) is 8.07. The Bertz CT molecular complexity index is 1310. The molecule has 168 valence electrons. The molecule has 9 heteroatoms. The van der Waals surface area contributed by atoms with Gasteiger partial charge in [-0.2, -0.15) is 0 Å². The molecular weight excluding hydrogens is 418 g/mol. The average Bonchev–Trinajstić information content (AvgIpc) is 2.76. The van der Waals surface area contributed by atoms with Gasteiger partial charge in [-0.1, -0.05) is 12.1 Å². The van der Waals surface area contributed by atoms with Crippen molar-refractivity contribution in [2.75, 3.05) is 21.3 Å². The molecule has 1 aromatic heterocycles. The normalized spacial score (nSPS) is 17.2. The fraction of sp³-hybridized carbons (Fsp3) is 0.348. The van der Waals surface area contributed by atoms with Gasteiger partial charge in [-0.05, 0) is 12.1 Å². The van der Waals surface area contributed by atoms with Crippen LogP contribution in [0.4, 0.5) is 0 Å². The molecule has 1 aliphatic heterocycles. The van der Waals surface area contributed by atoms with Gasteiger partial charge in [0.15, 0.2) is 23.7 Å². The van der Waals surface area contributed by atoms with Crippen LogP contribution >= 0.6 is 0 Å². The van der Waals surface area contributed by atoms with Gasteiger partial charge in [0.1, 0.15) is 0 Å². The van der Waals surface area contributed by atoms with Crippen LogP contribution in [-0.4, -0.2) is 43.9 Å². The summed E-state index contributed by atoms with van der Waals surface area (Å²) < 4.78 is 29.9. The quantitative estimate of drug-likeness (QED) is 0.440. The van der Waals surface area contributed by atoms with Gasteiger partial charge in [0.2, 0.25) is 11.2 Å². The Morgan fingerprint density at radius 1 is 0.906 bits per heavy atom. The molecule has 0 N–H and O–H groups in total. The second-order valence-electron chi connectivity index (χ2n) is 7.37. The maximum absolute atomic E-state index is 13.6. The van der Waals surface area contributed by atoms with Gasteiger partial charge in [0, 0.05) is 19.2 Å². The van der Waals surface area contributed by atoms with E-state index in [1.807, 2.05) is 10.6 Å². The monoisotopic (exact) mass is 441 g/mol. The first kappa shape index (κ1) is 21.5. The fourth-order valence-corrected chi connectivity index (χ4v) is 4.46. The minimum atomic E-state index is -1.02. The molecule has 4 rings (SSSR count). The third kappa shape index (κ3) is 3.12. The molecule has 0 radical (unpaired) electrons.